The molecule has 0 aliphatic rings. The quantitative estimate of drug-likeness (QED) is 0.602. The van der Waals surface area contributed by atoms with Crippen molar-refractivity contribution in [3.8, 4) is 0 Å². The fourth-order valence-corrected chi connectivity index (χ4v) is 2.04. The van der Waals surface area contributed by atoms with E-state index in [2.05, 4.69) is 9.72 Å². The van der Waals surface area contributed by atoms with E-state index in [4.69, 9.17) is 11.6 Å². The number of sulfone groups is 1. The molecular weight excluding hydrogens is 254 g/mol. The minimum atomic E-state index is -3.22. The Balaban J connectivity index is 3.13. The second-order valence-corrected chi connectivity index (χ2v) is 5.76. The van der Waals surface area contributed by atoms with Crippen molar-refractivity contribution in [3.05, 3.63) is 28.5 Å². The van der Waals surface area contributed by atoms with Gasteiger partial charge in [-0.15, -0.1) is 0 Å². The zero-order chi connectivity index (χ0) is 12.3. The van der Waals surface area contributed by atoms with Crippen LogP contribution in [-0.4, -0.2) is 32.7 Å². The number of ether oxygens (including phenoxy) is 1. The van der Waals surface area contributed by atoms with Crippen LogP contribution in [0.1, 0.15) is 16.1 Å². The van der Waals surface area contributed by atoms with Gasteiger partial charge < -0.3 is 4.74 Å². The first kappa shape index (κ1) is 12.9. The van der Waals surface area contributed by atoms with Gasteiger partial charge in [0, 0.05) is 6.26 Å². The molecule has 0 bridgehead atoms. The van der Waals surface area contributed by atoms with Crippen LogP contribution in [0.4, 0.5) is 0 Å². The summed E-state index contributed by atoms with van der Waals surface area (Å²) in [6.45, 7) is 0. The number of halogens is 1. The lowest BCUT2D eigenvalue weighted by Crippen LogP contribution is -2.07. The van der Waals surface area contributed by atoms with Crippen molar-refractivity contribution >= 4 is 27.4 Å². The maximum atomic E-state index is 11.2. The van der Waals surface area contributed by atoms with Gasteiger partial charge in [-0.2, -0.15) is 0 Å². The normalized spacial score (nSPS) is 11.2. The van der Waals surface area contributed by atoms with Crippen LogP contribution in [0.2, 0.25) is 5.15 Å². The lowest BCUT2D eigenvalue weighted by Gasteiger charge is -2.03. The SMILES string of the molecule is COC(=O)c1cc(Cl)nc(CS(C)(=O)=O)c1. The van der Waals surface area contributed by atoms with Crippen molar-refractivity contribution in [2.45, 2.75) is 5.75 Å². The summed E-state index contributed by atoms with van der Waals surface area (Å²) in [5.74, 6) is -0.851. The Morgan fingerprint density at radius 2 is 2.12 bits per heavy atom. The molecule has 0 aliphatic carbocycles. The number of methoxy groups -OCH3 is 1. The molecule has 1 rings (SSSR count). The van der Waals surface area contributed by atoms with E-state index in [1.165, 1.54) is 19.2 Å². The van der Waals surface area contributed by atoms with Crippen LogP contribution in [0.15, 0.2) is 12.1 Å². The second-order valence-electron chi connectivity index (χ2n) is 3.23. The molecule has 0 saturated heterocycles. The molecule has 0 N–H and O–H groups in total. The molecule has 0 atom stereocenters. The number of carbonyl (C=O) groups excluding carboxylic acids is 1. The number of nitrogens with zero attached hydrogens (tertiary/aromatic N) is 1. The third kappa shape index (κ3) is 3.79. The van der Waals surface area contributed by atoms with Crippen molar-refractivity contribution in [2.24, 2.45) is 0 Å². The molecule has 0 aliphatic heterocycles. The number of carbonyl (C=O) groups is 1. The Labute approximate surface area is 98.3 Å². The van der Waals surface area contributed by atoms with Crippen LogP contribution in [0.5, 0.6) is 0 Å². The first-order valence-corrected chi connectivity index (χ1v) is 6.68. The summed E-state index contributed by atoms with van der Waals surface area (Å²) >= 11 is 5.67. The predicted molar refractivity (Wildman–Crippen MR) is 59.1 cm³/mol. The molecule has 0 fully saturated rings. The van der Waals surface area contributed by atoms with Gasteiger partial charge in [-0.1, -0.05) is 11.6 Å². The molecule has 0 amide bonds. The second kappa shape index (κ2) is 4.80. The van der Waals surface area contributed by atoms with Crippen LogP contribution >= 0.6 is 11.6 Å². The van der Waals surface area contributed by atoms with Crippen LogP contribution in [0.25, 0.3) is 0 Å². The molecule has 1 heterocycles. The monoisotopic (exact) mass is 263 g/mol. The van der Waals surface area contributed by atoms with E-state index >= 15 is 0 Å². The highest BCUT2D eigenvalue weighted by Gasteiger charge is 2.12. The van der Waals surface area contributed by atoms with E-state index in [0.717, 1.165) is 6.26 Å². The van der Waals surface area contributed by atoms with Gasteiger partial charge in [-0.25, -0.2) is 18.2 Å². The number of hydrogen-bond donors (Lipinski definition) is 0. The summed E-state index contributed by atoms with van der Waals surface area (Å²) in [6, 6.07) is 2.66. The molecule has 0 spiro atoms. The highest BCUT2D eigenvalue weighted by Crippen LogP contribution is 2.13. The molecule has 5 nitrogen and oxygen atoms in total. The molecule has 0 saturated carbocycles. The molecule has 7 heteroatoms. The van der Waals surface area contributed by atoms with Crippen LogP contribution in [0, 0.1) is 0 Å². The fraction of sp³-hybridized carbons (Fsp3) is 0.333. The summed E-state index contributed by atoms with van der Waals surface area (Å²) in [4.78, 5) is 15.0. The van der Waals surface area contributed by atoms with Gasteiger partial charge in [-0.3, -0.25) is 0 Å². The number of aromatic nitrogens is 1. The van der Waals surface area contributed by atoms with Crippen molar-refractivity contribution in [1.29, 1.82) is 0 Å². The summed E-state index contributed by atoms with van der Waals surface area (Å²) in [5, 5.41) is 0.0570. The third-order valence-corrected chi connectivity index (χ3v) is 2.69. The van der Waals surface area contributed by atoms with Crippen LogP contribution in [-0.2, 0) is 20.3 Å². The van der Waals surface area contributed by atoms with Gasteiger partial charge in [0.1, 0.15) is 5.15 Å². The zero-order valence-electron chi connectivity index (χ0n) is 8.73. The summed E-state index contributed by atoms with van der Waals surface area (Å²) in [5.41, 5.74) is 0.400. The van der Waals surface area contributed by atoms with E-state index in [9.17, 15) is 13.2 Å². The summed E-state index contributed by atoms with van der Waals surface area (Å²) in [7, 11) is -1.99. The Kier molecular flexibility index (Phi) is 3.88. The van der Waals surface area contributed by atoms with Gasteiger partial charge in [0.15, 0.2) is 9.84 Å². The molecule has 0 aromatic carbocycles. The average Bonchev–Trinajstić information content (AvgIpc) is 2.12. The van der Waals surface area contributed by atoms with Crippen LogP contribution < -0.4 is 0 Å². The maximum Gasteiger partial charge on any atom is 0.338 e. The summed E-state index contributed by atoms with van der Waals surface area (Å²) in [6.07, 6.45) is 1.08. The molecule has 16 heavy (non-hydrogen) atoms. The minimum Gasteiger partial charge on any atom is -0.465 e. The smallest absolute Gasteiger partial charge is 0.338 e. The van der Waals surface area contributed by atoms with Gasteiger partial charge >= 0.3 is 5.97 Å². The number of pyridine rings is 1. The first-order chi connectivity index (χ1) is 7.31. The Morgan fingerprint density at radius 1 is 1.50 bits per heavy atom. The number of hydrogen-bond acceptors (Lipinski definition) is 5. The van der Waals surface area contributed by atoms with E-state index < -0.39 is 15.8 Å². The van der Waals surface area contributed by atoms with E-state index in [-0.39, 0.29) is 22.2 Å². The van der Waals surface area contributed by atoms with Crippen molar-refractivity contribution < 1.29 is 17.9 Å². The average molecular weight is 264 g/mol. The van der Waals surface area contributed by atoms with Gasteiger partial charge in [-0.05, 0) is 12.1 Å². The molecule has 0 unspecified atom stereocenters. The Hall–Kier alpha value is -1.14. The lowest BCUT2D eigenvalue weighted by atomic mass is 10.2. The largest absolute Gasteiger partial charge is 0.465 e. The maximum absolute atomic E-state index is 11.2. The molecular formula is C9H10ClNO4S. The van der Waals surface area contributed by atoms with Crippen LogP contribution in [0.3, 0.4) is 0 Å². The third-order valence-electron chi connectivity index (χ3n) is 1.68. The van der Waals surface area contributed by atoms with Crippen molar-refractivity contribution in [2.75, 3.05) is 13.4 Å². The number of esters is 1. The Morgan fingerprint density at radius 3 is 2.62 bits per heavy atom. The molecule has 1 aromatic rings. The topological polar surface area (TPSA) is 73.3 Å². The van der Waals surface area contributed by atoms with E-state index in [1.807, 2.05) is 0 Å². The minimum absolute atomic E-state index is 0.0570. The van der Waals surface area contributed by atoms with Crippen molar-refractivity contribution in [3.63, 3.8) is 0 Å². The van der Waals surface area contributed by atoms with E-state index in [0.29, 0.717) is 0 Å². The Bertz CT molecular complexity index is 512. The first-order valence-electron chi connectivity index (χ1n) is 4.24. The van der Waals surface area contributed by atoms with Crippen molar-refractivity contribution in [1.82, 2.24) is 4.98 Å². The van der Waals surface area contributed by atoms with Gasteiger partial charge in [0.25, 0.3) is 0 Å². The highest BCUT2D eigenvalue weighted by molar-refractivity contribution is 7.89. The summed E-state index contributed by atoms with van der Waals surface area (Å²) < 4.78 is 26.6. The highest BCUT2D eigenvalue weighted by atomic mass is 35.5. The molecule has 88 valence electrons. The fourth-order valence-electron chi connectivity index (χ4n) is 1.13. The molecule has 0 radical (unpaired) electrons. The molecule has 1 aromatic heterocycles. The van der Waals surface area contributed by atoms with Gasteiger partial charge in [0.2, 0.25) is 0 Å². The standard InChI is InChI=1S/C9H10ClNO4S/c1-15-9(12)6-3-7(5-16(2,13)14)11-8(10)4-6/h3-4H,5H2,1-2H3. The predicted octanol–water partition coefficient (Wildman–Crippen LogP) is 1.07. The van der Waals surface area contributed by atoms with E-state index in [1.54, 1.807) is 0 Å². The lowest BCUT2D eigenvalue weighted by molar-refractivity contribution is 0.0600. The number of rotatable bonds is 3. The zero-order valence-corrected chi connectivity index (χ0v) is 10.3. The van der Waals surface area contributed by atoms with Gasteiger partial charge in [0.05, 0.1) is 24.1 Å².